The first-order valence-electron chi connectivity index (χ1n) is 10.2. The molecule has 0 fully saturated rings. The average molecular weight is 748 g/mol. The molecule has 0 amide bonds. The Bertz CT molecular complexity index is 1310. The minimum absolute atomic E-state index is 0.197. The van der Waals surface area contributed by atoms with Gasteiger partial charge >= 0.3 is 5.97 Å². The van der Waals surface area contributed by atoms with Crippen LogP contribution in [0.25, 0.3) is 6.08 Å². The summed E-state index contributed by atoms with van der Waals surface area (Å²) in [6.07, 6.45) is 1.66. The van der Waals surface area contributed by atoms with E-state index >= 15 is 0 Å². The Morgan fingerprint density at radius 2 is 1.82 bits per heavy atom. The maximum absolute atomic E-state index is 13.2. The van der Waals surface area contributed by atoms with E-state index in [4.69, 9.17) is 14.2 Å². The zero-order valence-corrected chi connectivity index (χ0v) is 23.7. The Balaban J connectivity index is 1.61. The highest BCUT2D eigenvalue weighted by Crippen LogP contribution is 2.36. The highest BCUT2D eigenvalue weighted by Gasteiger charge is 2.25. The number of hydrogen-bond donors (Lipinski definition) is 0. The van der Waals surface area contributed by atoms with Crippen LogP contribution in [0.3, 0.4) is 0 Å². The molecule has 4 rings (SSSR count). The van der Waals surface area contributed by atoms with Crippen LogP contribution >= 0.6 is 61.1 Å². The number of aliphatic imine (C=N–C) groups is 1. The van der Waals surface area contributed by atoms with Crippen LogP contribution in [0.2, 0.25) is 0 Å². The standard InChI is InChI=1S/C25H17BrFI2NO4/c1-2-32-22-11-15(9-20(29)23(22)33-13-14-3-6-17(27)7-4-14)10-21-25(31)34-24(30-21)16-5-8-19(28)18(26)12-16/h3-12H,2,13H2,1H3/b21-10-. The number of cyclic esters (lactones) is 1. The Kier molecular flexibility index (Phi) is 8.25. The highest BCUT2D eigenvalue weighted by molar-refractivity contribution is 14.1. The van der Waals surface area contributed by atoms with Gasteiger partial charge in [0.2, 0.25) is 5.90 Å². The molecule has 1 aliphatic rings. The molecular formula is C25H17BrFI2NO4. The smallest absolute Gasteiger partial charge is 0.363 e. The van der Waals surface area contributed by atoms with Crippen molar-refractivity contribution < 1.29 is 23.4 Å². The molecule has 3 aromatic carbocycles. The Labute approximate surface area is 231 Å². The highest BCUT2D eigenvalue weighted by atomic mass is 127. The molecule has 0 radical (unpaired) electrons. The monoisotopic (exact) mass is 747 g/mol. The first-order valence-corrected chi connectivity index (χ1v) is 13.1. The molecule has 5 nitrogen and oxygen atoms in total. The van der Waals surface area contributed by atoms with Gasteiger partial charge in [-0.2, -0.15) is 0 Å². The van der Waals surface area contributed by atoms with Crippen molar-refractivity contribution in [3.8, 4) is 11.5 Å². The number of hydrogen-bond acceptors (Lipinski definition) is 5. The van der Waals surface area contributed by atoms with E-state index in [0.29, 0.717) is 23.7 Å². The number of esters is 1. The van der Waals surface area contributed by atoms with Crippen molar-refractivity contribution in [2.24, 2.45) is 4.99 Å². The maximum Gasteiger partial charge on any atom is 0.363 e. The van der Waals surface area contributed by atoms with Crippen molar-refractivity contribution in [2.75, 3.05) is 6.61 Å². The van der Waals surface area contributed by atoms with Gasteiger partial charge < -0.3 is 14.2 Å². The lowest BCUT2D eigenvalue weighted by molar-refractivity contribution is -0.129. The quantitative estimate of drug-likeness (QED) is 0.147. The van der Waals surface area contributed by atoms with Crippen LogP contribution in [0.1, 0.15) is 23.6 Å². The number of carbonyl (C=O) groups excluding carboxylic acids is 1. The van der Waals surface area contributed by atoms with E-state index in [2.05, 4.69) is 66.1 Å². The van der Waals surface area contributed by atoms with Crippen LogP contribution in [-0.2, 0) is 16.1 Å². The molecular weight excluding hydrogens is 731 g/mol. The molecule has 0 saturated heterocycles. The SMILES string of the molecule is CCOc1cc(/C=C2\N=C(c3ccc(I)c(Br)c3)OC2=O)cc(I)c1OCc1ccc(F)cc1. The molecule has 0 atom stereocenters. The molecule has 0 aliphatic carbocycles. The minimum Gasteiger partial charge on any atom is -0.490 e. The second kappa shape index (κ2) is 11.2. The van der Waals surface area contributed by atoms with E-state index < -0.39 is 5.97 Å². The van der Waals surface area contributed by atoms with E-state index in [-0.39, 0.29) is 24.0 Å². The van der Waals surface area contributed by atoms with E-state index in [1.165, 1.54) is 12.1 Å². The molecule has 0 bridgehead atoms. The summed E-state index contributed by atoms with van der Waals surface area (Å²) < 4.78 is 33.1. The van der Waals surface area contributed by atoms with Gasteiger partial charge in [-0.3, -0.25) is 0 Å². The molecule has 3 aromatic rings. The molecule has 0 unspecified atom stereocenters. The van der Waals surface area contributed by atoms with Crippen molar-refractivity contribution in [1.29, 1.82) is 0 Å². The number of halogens is 4. The summed E-state index contributed by atoms with van der Waals surface area (Å²) in [4.78, 5) is 16.9. The first-order chi connectivity index (χ1) is 16.3. The molecule has 0 N–H and O–H groups in total. The van der Waals surface area contributed by atoms with Gasteiger partial charge in [0.15, 0.2) is 17.2 Å². The predicted octanol–water partition coefficient (Wildman–Crippen LogP) is 7.12. The van der Waals surface area contributed by atoms with Crippen molar-refractivity contribution >= 4 is 79.1 Å². The number of rotatable bonds is 7. The summed E-state index contributed by atoms with van der Waals surface area (Å²) in [6.45, 7) is 2.59. The van der Waals surface area contributed by atoms with Crippen LogP contribution in [0, 0.1) is 13.0 Å². The molecule has 9 heteroatoms. The lowest BCUT2D eigenvalue weighted by Gasteiger charge is -2.15. The summed E-state index contributed by atoms with van der Waals surface area (Å²) in [6, 6.07) is 15.4. The van der Waals surface area contributed by atoms with E-state index in [1.54, 1.807) is 24.3 Å². The molecule has 0 aromatic heterocycles. The second-order valence-corrected chi connectivity index (χ2v) is 10.3. The van der Waals surface area contributed by atoms with Crippen LogP contribution in [-0.4, -0.2) is 18.5 Å². The van der Waals surface area contributed by atoms with Gasteiger partial charge in [0.25, 0.3) is 0 Å². The topological polar surface area (TPSA) is 57.1 Å². The Morgan fingerprint density at radius 1 is 1.06 bits per heavy atom. The van der Waals surface area contributed by atoms with Crippen LogP contribution in [0.15, 0.2) is 69.8 Å². The molecule has 1 aliphatic heterocycles. The van der Waals surface area contributed by atoms with Crippen LogP contribution < -0.4 is 9.47 Å². The third-order valence-electron chi connectivity index (χ3n) is 4.72. The molecule has 0 saturated carbocycles. The van der Waals surface area contributed by atoms with Gasteiger partial charge in [-0.15, -0.1) is 0 Å². The third-order valence-corrected chi connectivity index (χ3v) is 7.86. The third kappa shape index (κ3) is 5.98. The van der Waals surface area contributed by atoms with Crippen molar-refractivity contribution in [2.45, 2.75) is 13.5 Å². The van der Waals surface area contributed by atoms with Gasteiger partial charge in [0.1, 0.15) is 12.4 Å². The number of carbonyl (C=O) groups is 1. The van der Waals surface area contributed by atoms with Crippen LogP contribution in [0.4, 0.5) is 4.39 Å². The average Bonchev–Trinajstić information content (AvgIpc) is 3.16. The van der Waals surface area contributed by atoms with Gasteiger partial charge in [-0.05, 0) is 128 Å². The molecule has 174 valence electrons. The van der Waals surface area contributed by atoms with Gasteiger partial charge in [-0.25, -0.2) is 14.2 Å². The minimum atomic E-state index is -0.519. The summed E-state index contributed by atoms with van der Waals surface area (Å²) in [5, 5.41) is 0. The molecule has 1 heterocycles. The maximum atomic E-state index is 13.2. The molecule has 34 heavy (non-hydrogen) atoms. The van der Waals surface area contributed by atoms with Crippen molar-refractivity contribution in [3.05, 3.63) is 94.4 Å². The number of ether oxygens (including phenoxy) is 3. The van der Waals surface area contributed by atoms with E-state index in [9.17, 15) is 9.18 Å². The van der Waals surface area contributed by atoms with Gasteiger partial charge in [0.05, 0.1) is 10.2 Å². The van der Waals surface area contributed by atoms with Crippen LogP contribution in [0.5, 0.6) is 11.5 Å². The summed E-state index contributed by atoms with van der Waals surface area (Å²) in [5.74, 6) is 0.564. The predicted molar refractivity (Wildman–Crippen MR) is 149 cm³/mol. The summed E-state index contributed by atoms with van der Waals surface area (Å²) in [5.41, 5.74) is 2.47. The lowest BCUT2D eigenvalue weighted by atomic mass is 10.1. The fraction of sp³-hybridized carbons (Fsp3) is 0.120. The number of nitrogens with zero attached hydrogens (tertiary/aromatic N) is 1. The lowest BCUT2D eigenvalue weighted by Crippen LogP contribution is -2.05. The van der Waals surface area contributed by atoms with Crippen molar-refractivity contribution in [3.63, 3.8) is 0 Å². The van der Waals surface area contributed by atoms with Crippen molar-refractivity contribution in [1.82, 2.24) is 0 Å². The fourth-order valence-corrected chi connectivity index (χ4v) is 4.63. The summed E-state index contributed by atoms with van der Waals surface area (Å²) in [7, 11) is 0. The first kappa shape index (κ1) is 25.1. The summed E-state index contributed by atoms with van der Waals surface area (Å²) >= 11 is 7.85. The fourth-order valence-electron chi connectivity index (χ4n) is 3.13. The normalized spacial score (nSPS) is 14.2. The number of benzene rings is 3. The zero-order valence-electron chi connectivity index (χ0n) is 17.8. The largest absolute Gasteiger partial charge is 0.490 e. The molecule has 0 spiro atoms. The van der Waals surface area contributed by atoms with Gasteiger partial charge in [-0.1, -0.05) is 12.1 Å². The van der Waals surface area contributed by atoms with Gasteiger partial charge in [0, 0.05) is 13.6 Å². The Morgan fingerprint density at radius 3 is 2.53 bits per heavy atom. The second-order valence-electron chi connectivity index (χ2n) is 7.14. The van der Waals surface area contributed by atoms with E-state index in [0.717, 1.165) is 22.7 Å². The van der Waals surface area contributed by atoms with E-state index in [1.807, 2.05) is 31.2 Å². The zero-order chi connectivity index (χ0) is 24.2. The Hall–Kier alpha value is -1.99.